The highest BCUT2D eigenvalue weighted by Gasteiger charge is 2.17. The van der Waals surface area contributed by atoms with Gasteiger partial charge < -0.3 is 10.2 Å². The van der Waals surface area contributed by atoms with E-state index in [1.54, 1.807) is 0 Å². The Hall–Kier alpha value is -1.97. The van der Waals surface area contributed by atoms with Crippen molar-refractivity contribution in [3.8, 4) is 0 Å². The Bertz CT molecular complexity index is 559. The summed E-state index contributed by atoms with van der Waals surface area (Å²) in [6, 6.07) is 10.6. The minimum Gasteiger partial charge on any atom is -0.382 e. The van der Waals surface area contributed by atoms with Crippen LogP contribution in [0.2, 0.25) is 0 Å². The van der Waals surface area contributed by atoms with Crippen LogP contribution in [0.3, 0.4) is 0 Å². The summed E-state index contributed by atoms with van der Waals surface area (Å²) >= 11 is 0. The minimum absolute atomic E-state index is 0.913. The molecule has 18 heavy (non-hydrogen) atoms. The lowest BCUT2D eigenvalue weighted by Gasteiger charge is -2.31. The molecule has 0 spiro atoms. The molecule has 1 aliphatic rings. The number of nitrogens with zero attached hydrogens (tertiary/aromatic N) is 3. The molecule has 4 heteroatoms. The van der Waals surface area contributed by atoms with Crippen LogP contribution in [0.4, 0.5) is 11.4 Å². The summed E-state index contributed by atoms with van der Waals surface area (Å²) in [6.45, 7) is 4.97. The standard InChI is InChI=1S/C14H18N4/c1-11-9-12(17(2)16-11)10-18-8-7-15-13-5-3-4-6-14(13)18/h3-6,9,15H,7-8,10H2,1-2H3. The van der Waals surface area contributed by atoms with Crippen LogP contribution in [0.25, 0.3) is 0 Å². The van der Waals surface area contributed by atoms with Crippen molar-refractivity contribution in [1.29, 1.82) is 0 Å². The van der Waals surface area contributed by atoms with Gasteiger partial charge >= 0.3 is 0 Å². The van der Waals surface area contributed by atoms with Crippen molar-refractivity contribution in [2.75, 3.05) is 23.3 Å². The second kappa shape index (κ2) is 4.37. The summed E-state index contributed by atoms with van der Waals surface area (Å²) in [5.41, 5.74) is 4.84. The van der Waals surface area contributed by atoms with Gasteiger partial charge in [-0.15, -0.1) is 0 Å². The number of aryl methyl sites for hydroxylation is 2. The summed E-state index contributed by atoms with van der Waals surface area (Å²) in [6.07, 6.45) is 0. The number of rotatable bonds is 2. The third kappa shape index (κ3) is 1.94. The van der Waals surface area contributed by atoms with Crippen LogP contribution in [0, 0.1) is 6.92 Å². The lowest BCUT2D eigenvalue weighted by molar-refractivity contribution is 0.674. The molecule has 2 aromatic rings. The van der Waals surface area contributed by atoms with E-state index in [1.807, 2.05) is 18.7 Å². The van der Waals surface area contributed by atoms with Gasteiger partial charge in [-0.25, -0.2) is 0 Å². The molecule has 1 aromatic carbocycles. The van der Waals surface area contributed by atoms with Crippen LogP contribution in [0.1, 0.15) is 11.4 Å². The molecule has 0 saturated heterocycles. The number of benzene rings is 1. The normalized spacial score (nSPS) is 14.2. The van der Waals surface area contributed by atoms with Gasteiger partial charge in [0.15, 0.2) is 0 Å². The van der Waals surface area contributed by atoms with Gasteiger partial charge in [0, 0.05) is 20.1 Å². The van der Waals surface area contributed by atoms with Gasteiger partial charge in [0.1, 0.15) is 0 Å². The molecular formula is C14H18N4. The van der Waals surface area contributed by atoms with Crippen molar-refractivity contribution in [2.45, 2.75) is 13.5 Å². The van der Waals surface area contributed by atoms with Gasteiger partial charge in [-0.05, 0) is 25.1 Å². The van der Waals surface area contributed by atoms with Gasteiger partial charge in [-0.1, -0.05) is 12.1 Å². The molecule has 0 bridgehead atoms. The smallest absolute Gasteiger partial charge is 0.0606 e. The third-order valence-electron chi connectivity index (χ3n) is 3.39. The summed E-state index contributed by atoms with van der Waals surface area (Å²) in [5, 5.41) is 7.84. The molecule has 0 aliphatic carbocycles. The predicted octanol–water partition coefficient (Wildman–Crippen LogP) is 2.16. The van der Waals surface area contributed by atoms with E-state index >= 15 is 0 Å². The second-order valence-corrected chi connectivity index (χ2v) is 4.77. The van der Waals surface area contributed by atoms with Gasteiger partial charge in [-0.3, -0.25) is 4.68 Å². The quantitative estimate of drug-likeness (QED) is 0.876. The summed E-state index contributed by atoms with van der Waals surface area (Å²) in [5.74, 6) is 0. The Balaban J connectivity index is 1.88. The van der Waals surface area contributed by atoms with E-state index < -0.39 is 0 Å². The Morgan fingerprint density at radius 2 is 2.17 bits per heavy atom. The molecule has 0 amide bonds. The summed E-state index contributed by atoms with van der Waals surface area (Å²) in [4.78, 5) is 2.41. The average Bonchev–Trinajstić information content (AvgIpc) is 2.68. The van der Waals surface area contributed by atoms with Crippen molar-refractivity contribution in [2.24, 2.45) is 7.05 Å². The monoisotopic (exact) mass is 242 g/mol. The SMILES string of the molecule is Cc1cc(CN2CCNc3ccccc32)n(C)n1. The first-order chi connectivity index (χ1) is 8.74. The topological polar surface area (TPSA) is 33.1 Å². The van der Waals surface area contributed by atoms with E-state index in [0.29, 0.717) is 0 Å². The minimum atomic E-state index is 0.913. The summed E-state index contributed by atoms with van der Waals surface area (Å²) in [7, 11) is 2.01. The third-order valence-corrected chi connectivity index (χ3v) is 3.39. The lowest BCUT2D eigenvalue weighted by atomic mass is 10.2. The van der Waals surface area contributed by atoms with Gasteiger partial charge in [-0.2, -0.15) is 5.10 Å². The number of hydrogen-bond donors (Lipinski definition) is 1. The molecule has 0 fully saturated rings. The molecule has 0 saturated carbocycles. The summed E-state index contributed by atoms with van der Waals surface area (Å²) < 4.78 is 1.97. The van der Waals surface area contributed by atoms with Crippen LogP contribution in [0.15, 0.2) is 30.3 Å². The molecular weight excluding hydrogens is 224 g/mol. The van der Waals surface area contributed by atoms with Gasteiger partial charge in [0.2, 0.25) is 0 Å². The van der Waals surface area contributed by atoms with Crippen molar-refractivity contribution in [3.05, 3.63) is 41.7 Å². The fraction of sp³-hybridized carbons (Fsp3) is 0.357. The zero-order valence-electron chi connectivity index (χ0n) is 10.8. The van der Waals surface area contributed by atoms with Crippen LogP contribution in [0.5, 0.6) is 0 Å². The van der Waals surface area contributed by atoms with E-state index in [2.05, 4.69) is 45.6 Å². The highest BCUT2D eigenvalue weighted by molar-refractivity contribution is 5.71. The van der Waals surface area contributed by atoms with Gasteiger partial charge in [0.05, 0.1) is 29.3 Å². The largest absolute Gasteiger partial charge is 0.382 e. The number of aromatic nitrogens is 2. The Morgan fingerprint density at radius 1 is 1.33 bits per heavy atom. The number of para-hydroxylation sites is 2. The van der Waals surface area contributed by atoms with Crippen LogP contribution >= 0.6 is 0 Å². The first-order valence-corrected chi connectivity index (χ1v) is 6.31. The first-order valence-electron chi connectivity index (χ1n) is 6.31. The van der Waals surface area contributed by atoms with Crippen LogP contribution < -0.4 is 10.2 Å². The van der Waals surface area contributed by atoms with Crippen LogP contribution in [-0.4, -0.2) is 22.9 Å². The zero-order valence-corrected chi connectivity index (χ0v) is 10.8. The first kappa shape index (κ1) is 11.1. The Kier molecular flexibility index (Phi) is 2.70. The Labute approximate surface area is 107 Å². The maximum Gasteiger partial charge on any atom is 0.0606 e. The van der Waals surface area contributed by atoms with E-state index in [4.69, 9.17) is 0 Å². The molecule has 2 heterocycles. The van der Waals surface area contributed by atoms with E-state index in [-0.39, 0.29) is 0 Å². The van der Waals surface area contributed by atoms with E-state index in [1.165, 1.54) is 17.1 Å². The molecule has 94 valence electrons. The lowest BCUT2D eigenvalue weighted by Crippen LogP contribution is -2.33. The number of nitrogens with one attached hydrogen (secondary N) is 1. The second-order valence-electron chi connectivity index (χ2n) is 4.77. The molecule has 0 unspecified atom stereocenters. The van der Waals surface area contributed by atoms with Crippen LogP contribution in [-0.2, 0) is 13.6 Å². The highest BCUT2D eigenvalue weighted by Crippen LogP contribution is 2.29. The fourth-order valence-corrected chi connectivity index (χ4v) is 2.52. The number of hydrogen-bond acceptors (Lipinski definition) is 3. The van der Waals surface area contributed by atoms with Crippen molar-refractivity contribution < 1.29 is 0 Å². The molecule has 0 radical (unpaired) electrons. The Morgan fingerprint density at radius 3 is 2.94 bits per heavy atom. The van der Waals surface area contributed by atoms with Crippen molar-refractivity contribution in [1.82, 2.24) is 9.78 Å². The molecule has 4 nitrogen and oxygen atoms in total. The molecule has 1 aliphatic heterocycles. The molecule has 3 rings (SSSR count). The maximum atomic E-state index is 4.41. The van der Waals surface area contributed by atoms with E-state index in [0.717, 1.165) is 25.3 Å². The van der Waals surface area contributed by atoms with Gasteiger partial charge in [0.25, 0.3) is 0 Å². The molecule has 0 atom stereocenters. The maximum absolute atomic E-state index is 4.41. The predicted molar refractivity (Wildman–Crippen MR) is 73.9 cm³/mol. The molecule has 1 N–H and O–H groups in total. The average molecular weight is 242 g/mol. The number of anilines is 2. The van der Waals surface area contributed by atoms with E-state index in [9.17, 15) is 0 Å². The zero-order chi connectivity index (χ0) is 12.5. The fourth-order valence-electron chi connectivity index (χ4n) is 2.52. The molecule has 1 aromatic heterocycles. The van der Waals surface area contributed by atoms with Crippen molar-refractivity contribution in [3.63, 3.8) is 0 Å². The number of fused-ring (bicyclic) bond motifs is 1. The van der Waals surface area contributed by atoms with Crippen molar-refractivity contribution >= 4 is 11.4 Å². The highest BCUT2D eigenvalue weighted by atomic mass is 15.3.